The van der Waals surface area contributed by atoms with Gasteiger partial charge >= 0.3 is 0 Å². The summed E-state index contributed by atoms with van der Waals surface area (Å²) in [6, 6.07) is 0.338. The van der Waals surface area contributed by atoms with Crippen LogP contribution in [0.5, 0.6) is 0 Å². The van der Waals surface area contributed by atoms with Crippen LogP contribution in [0.25, 0.3) is 0 Å². The van der Waals surface area contributed by atoms with Gasteiger partial charge in [-0.25, -0.2) is 0 Å². The van der Waals surface area contributed by atoms with Crippen LogP contribution in [-0.2, 0) is 9.53 Å². The first-order chi connectivity index (χ1) is 8.50. The van der Waals surface area contributed by atoms with Gasteiger partial charge in [-0.05, 0) is 45.6 Å². The first-order valence-corrected chi connectivity index (χ1v) is 7.17. The summed E-state index contributed by atoms with van der Waals surface area (Å²) in [7, 11) is 0. The van der Waals surface area contributed by atoms with E-state index >= 15 is 0 Å². The lowest BCUT2D eigenvalue weighted by atomic mass is 10.0. The molecule has 1 fully saturated rings. The van der Waals surface area contributed by atoms with Crippen molar-refractivity contribution in [2.75, 3.05) is 13.1 Å². The summed E-state index contributed by atoms with van der Waals surface area (Å²) in [5.74, 6) is 0.623. The van der Waals surface area contributed by atoms with Gasteiger partial charge in [-0.15, -0.1) is 0 Å². The molecule has 0 spiro atoms. The number of carbonyl (C=O) groups is 1. The van der Waals surface area contributed by atoms with Crippen molar-refractivity contribution in [1.82, 2.24) is 10.6 Å². The van der Waals surface area contributed by atoms with Crippen molar-refractivity contribution in [3.8, 4) is 0 Å². The Morgan fingerprint density at radius 3 is 2.78 bits per heavy atom. The highest BCUT2D eigenvalue weighted by Gasteiger charge is 2.25. The van der Waals surface area contributed by atoms with E-state index in [-0.39, 0.29) is 18.1 Å². The van der Waals surface area contributed by atoms with Crippen LogP contribution in [0.2, 0.25) is 0 Å². The van der Waals surface area contributed by atoms with Crippen LogP contribution in [0, 0.1) is 5.92 Å². The minimum absolute atomic E-state index is 0.00780. The normalized spacial score (nSPS) is 26.1. The molecule has 1 rings (SSSR count). The molecule has 1 saturated heterocycles. The van der Waals surface area contributed by atoms with Crippen molar-refractivity contribution in [2.24, 2.45) is 5.92 Å². The Kier molecular flexibility index (Phi) is 6.65. The van der Waals surface area contributed by atoms with E-state index < -0.39 is 0 Å². The minimum atomic E-state index is -0.357. The summed E-state index contributed by atoms with van der Waals surface area (Å²) in [6.45, 7) is 10.1. The fraction of sp³-hybridized carbons (Fsp3) is 0.929. The molecule has 1 heterocycles. The monoisotopic (exact) mass is 256 g/mol. The van der Waals surface area contributed by atoms with Crippen molar-refractivity contribution in [2.45, 2.75) is 65.2 Å². The van der Waals surface area contributed by atoms with Gasteiger partial charge in [0.15, 0.2) is 0 Å². The summed E-state index contributed by atoms with van der Waals surface area (Å²) in [4.78, 5) is 11.8. The lowest BCUT2D eigenvalue weighted by Crippen LogP contribution is -2.47. The van der Waals surface area contributed by atoms with Crippen molar-refractivity contribution in [3.63, 3.8) is 0 Å². The van der Waals surface area contributed by atoms with E-state index in [9.17, 15) is 4.79 Å². The third kappa shape index (κ3) is 5.36. The predicted molar refractivity (Wildman–Crippen MR) is 73.5 cm³/mol. The van der Waals surface area contributed by atoms with Gasteiger partial charge in [0.1, 0.15) is 6.10 Å². The second-order valence-corrected chi connectivity index (χ2v) is 5.68. The smallest absolute Gasteiger partial charge is 0.248 e. The number of hydrogen-bond donors (Lipinski definition) is 2. The van der Waals surface area contributed by atoms with Gasteiger partial charge in [0.2, 0.25) is 5.91 Å². The number of nitrogens with one attached hydrogen (secondary N) is 2. The van der Waals surface area contributed by atoms with Gasteiger partial charge in [0, 0.05) is 12.6 Å². The molecule has 1 aliphatic heterocycles. The summed E-state index contributed by atoms with van der Waals surface area (Å²) in [5.41, 5.74) is 0. The molecule has 0 radical (unpaired) electrons. The second kappa shape index (κ2) is 7.74. The summed E-state index contributed by atoms with van der Waals surface area (Å²) < 4.78 is 5.85. The third-order valence-corrected chi connectivity index (χ3v) is 3.46. The quantitative estimate of drug-likeness (QED) is 0.760. The average Bonchev–Trinajstić information content (AvgIpc) is 2.31. The zero-order valence-electron chi connectivity index (χ0n) is 12.2. The molecule has 0 saturated carbocycles. The zero-order valence-corrected chi connectivity index (χ0v) is 12.2. The first-order valence-electron chi connectivity index (χ1n) is 7.17. The number of rotatable bonds is 6. The Morgan fingerprint density at radius 1 is 1.44 bits per heavy atom. The molecule has 0 aromatic heterocycles. The van der Waals surface area contributed by atoms with Crippen molar-refractivity contribution in [1.29, 1.82) is 0 Å². The molecule has 106 valence electrons. The zero-order chi connectivity index (χ0) is 13.5. The van der Waals surface area contributed by atoms with Gasteiger partial charge in [-0.3, -0.25) is 4.79 Å². The first kappa shape index (κ1) is 15.4. The van der Waals surface area contributed by atoms with E-state index in [1.165, 1.54) is 0 Å². The number of carbonyl (C=O) groups excluding carboxylic acids is 1. The maximum atomic E-state index is 11.8. The molecule has 18 heavy (non-hydrogen) atoms. The Morgan fingerprint density at radius 2 is 2.17 bits per heavy atom. The van der Waals surface area contributed by atoms with Gasteiger partial charge in [0.25, 0.3) is 0 Å². The Balaban J connectivity index is 2.25. The molecule has 1 amide bonds. The standard InChI is InChI=1S/C14H28N2O2/c1-10(2)7-9-16-14(17)12(4)18-13-6-5-8-15-11(13)3/h10-13,15H,5-9H2,1-4H3,(H,16,17). The van der Waals surface area contributed by atoms with Crippen LogP contribution < -0.4 is 10.6 Å². The fourth-order valence-corrected chi connectivity index (χ4v) is 2.15. The molecule has 1 aliphatic rings. The molecule has 3 atom stereocenters. The largest absolute Gasteiger partial charge is 0.364 e. The molecule has 4 heteroatoms. The topological polar surface area (TPSA) is 50.4 Å². The molecule has 2 N–H and O–H groups in total. The molecule has 0 aliphatic carbocycles. The SMILES string of the molecule is CC(C)CCNC(=O)C(C)OC1CCCNC1C. The van der Waals surface area contributed by atoms with E-state index in [4.69, 9.17) is 4.74 Å². The lowest BCUT2D eigenvalue weighted by molar-refractivity contribution is -0.137. The molecule has 0 bridgehead atoms. The number of piperidine rings is 1. The fourth-order valence-electron chi connectivity index (χ4n) is 2.15. The highest BCUT2D eigenvalue weighted by atomic mass is 16.5. The highest BCUT2D eigenvalue weighted by Crippen LogP contribution is 2.14. The van der Waals surface area contributed by atoms with Crippen molar-refractivity contribution < 1.29 is 9.53 Å². The van der Waals surface area contributed by atoms with E-state index in [2.05, 4.69) is 31.4 Å². The molecular weight excluding hydrogens is 228 g/mol. The van der Waals surface area contributed by atoms with Crippen molar-refractivity contribution >= 4 is 5.91 Å². The van der Waals surface area contributed by atoms with Gasteiger partial charge in [0.05, 0.1) is 6.10 Å². The average molecular weight is 256 g/mol. The summed E-state index contributed by atoms with van der Waals surface area (Å²) in [6.07, 6.45) is 2.98. The van der Waals surface area contributed by atoms with Gasteiger partial charge in [-0.2, -0.15) is 0 Å². The summed E-state index contributed by atoms with van der Waals surface area (Å²) in [5, 5.41) is 6.31. The number of hydrogen-bond acceptors (Lipinski definition) is 3. The van der Waals surface area contributed by atoms with Crippen LogP contribution in [0.4, 0.5) is 0 Å². The third-order valence-electron chi connectivity index (χ3n) is 3.46. The lowest BCUT2D eigenvalue weighted by Gasteiger charge is -2.31. The number of amides is 1. The van der Waals surface area contributed by atoms with E-state index in [0.29, 0.717) is 12.0 Å². The van der Waals surface area contributed by atoms with Crippen LogP contribution >= 0.6 is 0 Å². The molecular formula is C14H28N2O2. The molecule has 4 nitrogen and oxygen atoms in total. The minimum Gasteiger partial charge on any atom is -0.364 e. The molecule has 0 aromatic rings. The maximum absolute atomic E-state index is 11.8. The number of ether oxygens (including phenoxy) is 1. The van der Waals surface area contributed by atoms with Crippen LogP contribution in [0.15, 0.2) is 0 Å². The molecule has 0 aromatic carbocycles. The van der Waals surface area contributed by atoms with E-state index in [0.717, 1.165) is 32.4 Å². The van der Waals surface area contributed by atoms with E-state index in [1.807, 2.05) is 6.92 Å². The summed E-state index contributed by atoms with van der Waals surface area (Å²) >= 11 is 0. The van der Waals surface area contributed by atoms with E-state index in [1.54, 1.807) is 0 Å². The van der Waals surface area contributed by atoms with Gasteiger partial charge < -0.3 is 15.4 Å². The molecule has 3 unspecified atom stereocenters. The Hall–Kier alpha value is -0.610. The van der Waals surface area contributed by atoms with Crippen LogP contribution in [0.1, 0.15) is 47.0 Å². The van der Waals surface area contributed by atoms with Gasteiger partial charge in [-0.1, -0.05) is 13.8 Å². The maximum Gasteiger partial charge on any atom is 0.248 e. The Bertz CT molecular complexity index is 256. The second-order valence-electron chi connectivity index (χ2n) is 5.68. The Labute approximate surface area is 111 Å². The van der Waals surface area contributed by atoms with Crippen molar-refractivity contribution in [3.05, 3.63) is 0 Å². The van der Waals surface area contributed by atoms with Crippen LogP contribution in [-0.4, -0.2) is 37.2 Å². The highest BCUT2D eigenvalue weighted by molar-refractivity contribution is 5.80. The predicted octanol–water partition coefficient (Wildman–Crippen LogP) is 1.69. The van der Waals surface area contributed by atoms with Crippen LogP contribution in [0.3, 0.4) is 0 Å².